The van der Waals surface area contributed by atoms with E-state index in [4.69, 9.17) is 0 Å². The number of nitrogens with one attached hydrogen (secondary N) is 1. The van der Waals surface area contributed by atoms with Gasteiger partial charge < -0.3 is 20.4 Å². The molecule has 1 saturated heterocycles. The minimum atomic E-state index is -0.135. The Kier molecular flexibility index (Phi) is 4.81. The fourth-order valence-corrected chi connectivity index (χ4v) is 2.28. The van der Waals surface area contributed by atoms with Gasteiger partial charge in [-0.2, -0.15) is 0 Å². The van der Waals surface area contributed by atoms with Gasteiger partial charge in [0.1, 0.15) is 0 Å². The van der Waals surface area contributed by atoms with Crippen molar-refractivity contribution in [3.05, 3.63) is 23.8 Å². The molecule has 0 aromatic heterocycles. The van der Waals surface area contributed by atoms with Crippen LogP contribution in [0.15, 0.2) is 18.2 Å². The number of nitrogens with zero attached hydrogens (tertiary/aromatic N) is 2. The Morgan fingerprint density at radius 2 is 2.00 bits per heavy atom. The van der Waals surface area contributed by atoms with E-state index in [1.807, 2.05) is 16.8 Å². The summed E-state index contributed by atoms with van der Waals surface area (Å²) < 4.78 is 0. The zero-order chi connectivity index (χ0) is 14.5. The number of phenols is 2. The van der Waals surface area contributed by atoms with E-state index < -0.39 is 0 Å². The normalized spacial score (nSPS) is 15.6. The van der Waals surface area contributed by atoms with Gasteiger partial charge in [-0.15, -0.1) is 0 Å². The minimum Gasteiger partial charge on any atom is -0.504 e. The Labute approximate surface area is 118 Å². The molecule has 0 bridgehead atoms. The Hall–Kier alpha value is -1.79. The lowest BCUT2D eigenvalue weighted by Crippen LogP contribution is -2.49. The first-order valence-electron chi connectivity index (χ1n) is 6.74. The second kappa shape index (κ2) is 6.58. The van der Waals surface area contributed by atoms with E-state index in [2.05, 4.69) is 5.32 Å². The van der Waals surface area contributed by atoms with Gasteiger partial charge >= 0.3 is 0 Å². The number of piperazine rings is 1. The summed E-state index contributed by atoms with van der Waals surface area (Å²) in [6.45, 7) is 4.11. The monoisotopic (exact) mass is 279 g/mol. The molecule has 0 unspecified atom stereocenters. The molecule has 0 spiro atoms. The van der Waals surface area contributed by atoms with E-state index in [0.717, 1.165) is 31.7 Å². The zero-order valence-electron chi connectivity index (χ0n) is 11.7. The summed E-state index contributed by atoms with van der Waals surface area (Å²) in [5.41, 5.74) is 0.857. The number of benzene rings is 1. The molecule has 6 heteroatoms. The minimum absolute atomic E-state index is 0.122. The molecule has 1 aliphatic heterocycles. The Morgan fingerprint density at radius 3 is 2.65 bits per heavy atom. The van der Waals surface area contributed by atoms with E-state index in [0.29, 0.717) is 13.1 Å². The van der Waals surface area contributed by atoms with Crippen LogP contribution in [0.3, 0.4) is 0 Å². The Bertz CT molecular complexity index is 473. The third-order valence-corrected chi connectivity index (χ3v) is 3.37. The van der Waals surface area contributed by atoms with Gasteiger partial charge in [0.2, 0.25) is 5.91 Å². The van der Waals surface area contributed by atoms with E-state index in [1.54, 1.807) is 6.07 Å². The number of hydrogen-bond donors (Lipinski definition) is 3. The quantitative estimate of drug-likeness (QED) is 0.674. The number of carbonyl (C=O) groups is 1. The highest BCUT2D eigenvalue weighted by Gasteiger charge is 2.17. The predicted molar refractivity (Wildman–Crippen MR) is 75.6 cm³/mol. The van der Waals surface area contributed by atoms with Crippen molar-refractivity contribution >= 4 is 5.91 Å². The molecule has 0 radical (unpaired) electrons. The first-order valence-corrected chi connectivity index (χ1v) is 6.74. The van der Waals surface area contributed by atoms with Gasteiger partial charge in [0, 0.05) is 32.7 Å². The van der Waals surface area contributed by atoms with Gasteiger partial charge in [0.05, 0.1) is 6.54 Å². The van der Waals surface area contributed by atoms with E-state index in [9.17, 15) is 15.0 Å². The summed E-state index contributed by atoms with van der Waals surface area (Å²) in [5, 5.41) is 21.9. The molecule has 1 heterocycles. The fraction of sp³-hybridized carbons (Fsp3) is 0.500. The summed E-state index contributed by atoms with van der Waals surface area (Å²) in [4.78, 5) is 15.8. The molecule has 6 nitrogen and oxygen atoms in total. The van der Waals surface area contributed by atoms with Crippen molar-refractivity contribution in [2.45, 2.75) is 6.54 Å². The maximum atomic E-state index is 12.1. The van der Waals surface area contributed by atoms with Gasteiger partial charge in [0.25, 0.3) is 0 Å². The van der Waals surface area contributed by atoms with Gasteiger partial charge in [0.15, 0.2) is 11.5 Å². The van der Waals surface area contributed by atoms with E-state index in [-0.39, 0.29) is 17.4 Å². The number of aromatic hydroxyl groups is 2. The maximum absolute atomic E-state index is 12.1. The lowest BCUT2D eigenvalue weighted by atomic mass is 10.2. The molecule has 110 valence electrons. The first-order chi connectivity index (χ1) is 9.56. The van der Waals surface area contributed by atoms with Gasteiger partial charge in [-0.25, -0.2) is 0 Å². The lowest BCUT2D eigenvalue weighted by molar-refractivity contribution is -0.132. The molecule has 1 fully saturated rings. The largest absolute Gasteiger partial charge is 0.504 e. The Balaban J connectivity index is 1.86. The van der Waals surface area contributed by atoms with Crippen LogP contribution in [0.1, 0.15) is 5.56 Å². The first kappa shape index (κ1) is 14.6. The molecule has 0 saturated carbocycles. The van der Waals surface area contributed by atoms with Crippen LogP contribution in [0, 0.1) is 0 Å². The molecule has 1 aliphatic rings. The van der Waals surface area contributed by atoms with Crippen LogP contribution in [0.2, 0.25) is 0 Å². The third-order valence-electron chi connectivity index (χ3n) is 3.37. The summed E-state index contributed by atoms with van der Waals surface area (Å²) >= 11 is 0. The number of phenolic OH excluding ortho intramolecular Hbond substituents is 2. The highest BCUT2D eigenvalue weighted by molar-refractivity contribution is 5.78. The predicted octanol–water partition coefficient (Wildman–Crippen LogP) is -0.0386. The van der Waals surface area contributed by atoms with Crippen LogP contribution in [0.5, 0.6) is 11.5 Å². The van der Waals surface area contributed by atoms with Crippen molar-refractivity contribution in [1.29, 1.82) is 0 Å². The SMILES string of the molecule is CN(CC(=O)N1CCNCC1)Cc1ccc(O)c(O)c1. The topological polar surface area (TPSA) is 76.0 Å². The number of rotatable bonds is 4. The molecule has 0 atom stereocenters. The number of amides is 1. The average Bonchev–Trinajstić information content (AvgIpc) is 2.44. The van der Waals surface area contributed by atoms with Crippen LogP contribution in [0.25, 0.3) is 0 Å². The fourth-order valence-electron chi connectivity index (χ4n) is 2.28. The molecule has 3 N–H and O–H groups in total. The molecular formula is C14H21N3O3. The summed E-state index contributed by atoms with van der Waals surface area (Å²) in [6, 6.07) is 4.71. The van der Waals surface area contributed by atoms with Crippen LogP contribution in [-0.2, 0) is 11.3 Å². The summed E-state index contributed by atoms with van der Waals surface area (Å²) in [5.74, 6) is -0.144. The van der Waals surface area contributed by atoms with Gasteiger partial charge in [-0.05, 0) is 24.7 Å². The molecule has 1 aromatic carbocycles. The van der Waals surface area contributed by atoms with Crippen molar-refractivity contribution in [1.82, 2.24) is 15.1 Å². The standard InChI is InChI=1S/C14H21N3O3/c1-16(9-11-2-3-12(18)13(19)8-11)10-14(20)17-6-4-15-5-7-17/h2-3,8,15,18-19H,4-7,9-10H2,1H3. The van der Waals surface area contributed by atoms with Crippen LogP contribution >= 0.6 is 0 Å². The van der Waals surface area contributed by atoms with Crippen LogP contribution in [0.4, 0.5) is 0 Å². The average molecular weight is 279 g/mol. The van der Waals surface area contributed by atoms with Gasteiger partial charge in [-0.3, -0.25) is 9.69 Å². The van der Waals surface area contributed by atoms with Crippen LogP contribution < -0.4 is 5.32 Å². The second-order valence-corrected chi connectivity index (χ2v) is 5.13. The van der Waals surface area contributed by atoms with Crippen molar-refractivity contribution < 1.29 is 15.0 Å². The van der Waals surface area contributed by atoms with Crippen LogP contribution in [-0.4, -0.2) is 65.7 Å². The van der Waals surface area contributed by atoms with Crippen molar-refractivity contribution in [2.24, 2.45) is 0 Å². The molecule has 1 aromatic rings. The highest BCUT2D eigenvalue weighted by Crippen LogP contribution is 2.25. The zero-order valence-corrected chi connectivity index (χ0v) is 11.7. The summed E-state index contributed by atoms with van der Waals surface area (Å²) in [6.07, 6.45) is 0. The van der Waals surface area contributed by atoms with E-state index in [1.165, 1.54) is 12.1 Å². The van der Waals surface area contributed by atoms with Crippen molar-refractivity contribution in [3.63, 3.8) is 0 Å². The second-order valence-electron chi connectivity index (χ2n) is 5.13. The van der Waals surface area contributed by atoms with Crippen molar-refractivity contribution in [2.75, 3.05) is 39.8 Å². The molecule has 2 rings (SSSR count). The van der Waals surface area contributed by atoms with Crippen molar-refractivity contribution in [3.8, 4) is 11.5 Å². The summed E-state index contributed by atoms with van der Waals surface area (Å²) in [7, 11) is 1.87. The maximum Gasteiger partial charge on any atom is 0.236 e. The molecule has 20 heavy (non-hydrogen) atoms. The van der Waals surface area contributed by atoms with Gasteiger partial charge in [-0.1, -0.05) is 6.07 Å². The Morgan fingerprint density at radius 1 is 1.30 bits per heavy atom. The molecule has 0 aliphatic carbocycles. The molecular weight excluding hydrogens is 258 g/mol. The highest BCUT2D eigenvalue weighted by atomic mass is 16.3. The van der Waals surface area contributed by atoms with E-state index >= 15 is 0 Å². The number of hydrogen-bond acceptors (Lipinski definition) is 5. The lowest BCUT2D eigenvalue weighted by Gasteiger charge is -2.29. The smallest absolute Gasteiger partial charge is 0.236 e. The number of carbonyl (C=O) groups excluding carboxylic acids is 1. The molecule has 1 amide bonds. The number of likely N-dealkylation sites (N-methyl/N-ethyl adjacent to an activating group) is 1. The third kappa shape index (κ3) is 3.85.